The van der Waals surface area contributed by atoms with Crippen LogP contribution in [0.15, 0.2) is 191 Å². The van der Waals surface area contributed by atoms with Gasteiger partial charge in [-0.1, -0.05) is 35.6 Å². The van der Waals surface area contributed by atoms with E-state index in [-0.39, 0.29) is 104 Å². The largest absolute Gasteiger partial charge is 0.496 e. The van der Waals surface area contributed by atoms with Crippen LogP contribution in [0.3, 0.4) is 0 Å². The van der Waals surface area contributed by atoms with Gasteiger partial charge >= 0.3 is 21.1 Å². The third-order valence-corrected chi connectivity index (χ3v) is 21.6. The number of benzene rings is 2. The number of hydrogen-bond acceptors (Lipinski definition) is 20. The third kappa shape index (κ3) is 22.5. The van der Waals surface area contributed by atoms with Crippen molar-refractivity contribution < 1.29 is 45.5 Å². The van der Waals surface area contributed by atoms with Crippen molar-refractivity contribution in [1.29, 1.82) is 0 Å². The second kappa shape index (κ2) is 38.9. The van der Waals surface area contributed by atoms with Crippen molar-refractivity contribution in [1.82, 2.24) is 67.8 Å². The molecule has 12 aromatic rings. The topological polar surface area (TPSA) is 318 Å². The van der Waals surface area contributed by atoms with Crippen LogP contribution in [0.5, 0.6) is 0 Å². The maximum Gasteiger partial charge on any atom is 0.496 e. The molecule has 0 unspecified atom stereocenters. The molecular formula is C80H91B3Br3F4IN16O10. The highest BCUT2D eigenvalue weighted by Crippen LogP contribution is 2.44. The van der Waals surface area contributed by atoms with E-state index in [1.165, 1.54) is 86.5 Å². The summed E-state index contributed by atoms with van der Waals surface area (Å²) < 4.78 is 102. The second-order valence-electron chi connectivity index (χ2n) is 29.7. The van der Waals surface area contributed by atoms with Gasteiger partial charge in [0, 0.05) is 107 Å². The number of nitrogen functional groups attached to an aromatic ring is 2. The van der Waals surface area contributed by atoms with Crippen molar-refractivity contribution in [2.75, 3.05) is 15.9 Å². The highest BCUT2D eigenvalue weighted by Gasteiger charge is 2.64. The fourth-order valence-corrected chi connectivity index (χ4v) is 12.6. The molecule has 0 saturated carbocycles. The van der Waals surface area contributed by atoms with Crippen LogP contribution in [0.4, 0.5) is 29.5 Å². The minimum Gasteiger partial charge on any atom is -0.405 e. The Morgan fingerprint density at radius 2 is 0.846 bits per heavy atom. The van der Waals surface area contributed by atoms with Crippen molar-refractivity contribution in [2.45, 2.75) is 177 Å². The Balaban J connectivity index is 0.000000168. The fraction of sp³-hybridized carbons (Fsp3) is 0.350. The van der Waals surface area contributed by atoms with Gasteiger partial charge in [-0.2, -0.15) is 9.03 Å². The number of H-pyrrole nitrogens is 1. The zero-order valence-electron chi connectivity index (χ0n) is 67.6. The molecule has 10 aromatic heterocycles. The molecule has 15 rings (SSSR count). The molecule has 0 spiro atoms. The summed E-state index contributed by atoms with van der Waals surface area (Å²) in [6.07, 6.45) is 10.1. The average molecular weight is 1910 g/mol. The SMILES string of the molecule is CC1(C)OB(B2OC(C)(C)C(C)(C)O2)OC1(C)C.CCI.CCn1cc(-c2c(-c3ccc(F)cc3)nc(N)n3nc(Cc4ncccc4F)nc23)ccc1=O.CCn1cc(B2OC(C)(C)C(C)(C)O2)ccc1=O.CCn1cc(Br)ccc1=O.Nc1nc(-c2ccc(F)cc2)c(Br)c2nc(Cc3ncccc3F)nn12.O=c1ccc(Br)c[nH]1. The molecule has 0 radical (unpaired) electrons. The summed E-state index contributed by atoms with van der Waals surface area (Å²) in [5.41, 5.74) is 15.5. The molecule has 0 amide bonds. The highest BCUT2D eigenvalue weighted by atomic mass is 127. The van der Waals surface area contributed by atoms with E-state index < -0.39 is 32.8 Å². The first-order valence-electron chi connectivity index (χ1n) is 37.3. The standard InChI is InChI=1S/C24H19F2N7O.C17H11BrF2N6.C13H20BNO3.C12H24B2O4.C7H8BrNO.C5H4BrNO.C2H5I/c1-2-32-13-15(7-10-20(32)34)21-22(14-5-8-16(25)9-6-14)30-24(27)33-23(21)29-19(31-33)12-18-17(26)4-3-11-28-18;18-14-15(9-3-5-10(19)6-4-9)24-17(21)26-16(14)23-13(25-26)8-12-11(20)2-1-7-22-12;1-6-15-9-10(7-8-11(15)16)14-17-12(2,3)13(4,5)18-14;1-9(2)10(3,4)16-13(15-9)14-17-11(5,6)12(7,8)18-14;1-2-9-5-6(8)3-4-7(9)10;6-4-1-2-5(8)7-3-4;1-2-3/h3-11,13H,2,12H2,1H3,(H2,27,30);1-7H,8H2,(H2,21,24);7-9H,6H2,1-5H3;1-8H3;3-5H,2H2,1H3;1-3H,(H,7,8);2H2,1H3. The lowest BCUT2D eigenvalue weighted by atomic mass is 9.49. The van der Waals surface area contributed by atoms with Crippen molar-refractivity contribution in [3.05, 3.63) is 260 Å². The van der Waals surface area contributed by atoms with E-state index in [0.717, 1.165) is 21.0 Å². The third-order valence-electron chi connectivity index (χ3n) is 19.9. The molecule has 2 aromatic carbocycles. The van der Waals surface area contributed by atoms with Gasteiger partial charge in [0.2, 0.25) is 23.0 Å². The van der Waals surface area contributed by atoms with Gasteiger partial charge in [0.1, 0.15) is 23.3 Å². The Labute approximate surface area is 714 Å². The summed E-state index contributed by atoms with van der Waals surface area (Å²) in [5, 5.41) is 8.71. The molecule has 3 aliphatic rings. The number of rotatable bonds is 12. The van der Waals surface area contributed by atoms with Gasteiger partial charge in [0.25, 0.3) is 11.1 Å². The molecular weight excluding hydrogens is 1820 g/mol. The number of pyridine rings is 6. The van der Waals surface area contributed by atoms with E-state index in [2.05, 4.69) is 122 Å². The van der Waals surface area contributed by atoms with E-state index in [4.69, 9.17) is 39.4 Å². The molecule has 5 N–H and O–H groups in total. The van der Waals surface area contributed by atoms with E-state index in [1.54, 1.807) is 93.0 Å². The minimum atomic E-state index is -0.476. The first-order valence-corrected chi connectivity index (χ1v) is 41.2. The van der Waals surface area contributed by atoms with E-state index >= 15 is 0 Å². The lowest BCUT2D eigenvalue weighted by Crippen LogP contribution is -2.41. The summed E-state index contributed by atoms with van der Waals surface area (Å²) in [4.78, 5) is 73.5. The lowest BCUT2D eigenvalue weighted by molar-refractivity contribution is 0.00578. The molecule has 3 saturated heterocycles. The Morgan fingerprint density at radius 3 is 1.27 bits per heavy atom. The maximum absolute atomic E-state index is 14.2. The van der Waals surface area contributed by atoms with Crippen molar-refractivity contribution in [2.24, 2.45) is 0 Å². The number of alkyl halides is 1. The normalized spacial score (nSPS) is 15.6. The van der Waals surface area contributed by atoms with Crippen LogP contribution in [-0.4, -0.2) is 127 Å². The number of aryl methyl sites for hydroxylation is 3. The van der Waals surface area contributed by atoms with Crippen LogP contribution < -0.4 is 39.2 Å². The predicted molar refractivity (Wildman–Crippen MR) is 466 cm³/mol. The van der Waals surface area contributed by atoms with Gasteiger partial charge < -0.3 is 58.1 Å². The van der Waals surface area contributed by atoms with Crippen LogP contribution in [0.2, 0.25) is 0 Å². The average Bonchev–Trinajstić information content (AvgIpc) is 1.64. The number of nitrogens with two attached hydrogens (primary N) is 2. The Kier molecular flexibility index (Phi) is 30.6. The van der Waals surface area contributed by atoms with Crippen LogP contribution in [0.25, 0.3) is 44.9 Å². The molecule has 0 aliphatic carbocycles. The van der Waals surface area contributed by atoms with Gasteiger partial charge in [-0.3, -0.25) is 29.1 Å². The molecule has 26 nitrogen and oxygen atoms in total. The lowest BCUT2D eigenvalue weighted by Gasteiger charge is -2.32. The molecule has 13 heterocycles. The second-order valence-corrected chi connectivity index (χ2v) is 33.8. The van der Waals surface area contributed by atoms with Crippen LogP contribution in [0, 0.1) is 23.3 Å². The number of aromatic nitrogens is 14. The van der Waals surface area contributed by atoms with E-state index in [1.807, 2.05) is 110 Å². The smallest absolute Gasteiger partial charge is 0.405 e. The van der Waals surface area contributed by atoms with Gasteiger partial charge in [0.05, 0.1) is 79.3 Å². The number of nitrogens with zero attached hydrogens (tertiary/aromatic N) is 13. The zero-order chi connectivity index (χ0) is 85.9. The Bertz CT molecular complexity index is 5620. The van der Waals surface area contributed by atoms with Crippen LogP contribution in [-0.2, 0) is 60.4 Å². The molecule has 3 fully saturated rings. The number of halogens is 8. The predicted octanol–water partition coefficient (Wildman–Crippen LogP) is 14.5. The number of aromatic amines is 1. The molecule has 117 heavy (non-hydrogen) atoms. The summed E-state index contributed by atoms with van der Waals surface area (Å²) >= 11 is 12.2. The van der Waals surface area contributed by atoms with Crippen molar-refractivity contribution in [3.8, 4) is 33.6 Å². The summed E-state index contributed by atoms with van der Waals surface area (Å²) in [6, 6.07) is 30.3. The summed E-state index contributed by atoms with van der Waals surface area (Å²) in [7, 11) is -1.36. The number of fused-ring (bicyclic) bond motifs is 2. The monoisotopic (exact) mass is 1910 g/mol. The van der Waals surface area contributed by atoms with Crippen molar-refractivity contribution in [3.63, 3.8) is 0 Å². The number of nitrogens with one attached hydrogen (secondary N) is 1. The Morgan fingerprint density at radius 1 is 0.462 bits per heavy atom. The molecule has 616 valence electrons. The highest BCUT2D eigenvalue weighted by molar-refractivity contribution is 14.1. The van der Waals surface area contributed by atoms with Gasteiger partial charge in [0.15, 0.2) is 22.9 Å². The van der Waals surface area contributed by atoms with E-state index in [0.29, 0.717) is 74.1 Å². The molecule has 0 atom stereocenters. The van der Waals surface area contributed by atoms with Gasteiger partial charge in [-0.15, -0.1) is 10.2 Å². The zero-order valence-corrected chi connectivity index (χ0v) is 74.5. The van der Waals surface area contributed by atoms with Crippen LogP contribution in [0.1, 0.15) is 134 Å². The molecule has 37 heteroatoms. The first-order chi connectivity index (χ1) is 55.0. The first kappa shape index (κ1) is 92.0. The summed E-state index contributed by atoms with van der Waals surface area (Å²) in [5.74, 6) is -0.800. The van der Waals surface area contributed by atoms with Gasteiger partial charge in [-0.25, -0.2) is 37.5 Å². The quantitative estimate of drug-likeness (QED) is 0.0443. The summed E-state index contributed by atoms with van der Waals surface area (Å²) in [6.45, 7) is 34.0. The van der Waals surface area contributed by atoms with E-state index in [9.17, 15) is 36.7 Å². The number of anilines is 2. The molecule has 0 bridgehead atoms. The maximum atomic E-state index is 14.2. The molecule has 3 aliphatic heterocycles. The van der Waals surface area contributed by atoms with Gasteiger partial charge in [-0.05, 0) is 253 Å². The van der Waals surface area contributed by atoms with Crippen molar-refractivity contribution >= 4 is 120 Å². The minimum absolute atomic E-state index is 0.00207. The Hall–Kier alpha value is -8.92. The fourth-order valence-electron chi connectivity index (χ4n) is 11.4. The number of hydrogen-bond donors (Lipinski definition) is 3. The van der Waals surface area contributed by atoms with Crippen LogP contribution >= 0.6 is 70.4 Å².